The van der Waals surface area contributed by atoms with Gasteiger partial charge in [0, 0.05) is 42.5 Å². The minimum atomic E-state index is -0.144. The molecule has 0 saturated heterocycles. The second-order valence-electron chi connectivity index (χ2n) is 16.0. The molecule has 2 heteroatoms. The molecular formula is C57H41NS. The number of rotatable bonds is 7. The van der Waals surface area contributed by atoms with Crippen LogP contribution in [-0.2, 0) is 5.41 Å². The van der Waals surface area contributed by atoms with Gasteiger partial charge in [-0.3, -0.25) is 0 Å². The van der Waals surface area contributed by atoms with Crippen molar-refractivity contribution in [3.8, 4) is 55.6 Å². The SMILES string of the molecule is CC1(C)c2ccccc2-c2ccc(N(c3ccc(-c4cccc5c4sc4ccccc45)cc3)c3cccc(-c4ccccc4)c3-c3ccccc3-c3ccccc3)cc21. The number of nitrogens with zero attached hydrogens (tertiary/aromatic N) is 1. The summed E-state index contributed by atoms with van der Waals surface area (Å²) >= 11 is 1.88. The van der Waals surface area contributed by atoms with Crippen LogP contribution in [0.25, 0.3) is 75.8 Å². The van der Waals surface area contributed by atoms with Gasteiger partial charge in [0.2, 0.25) is 0 Å². The Balaban J connectivity index is 1.16. The van der Waals surface area contributed by atoms with Crippen molar-refractivity contribution in [1.29, 1.82) is 0 Å². The van der Waals surface area contributed by atoms with Crippen molar-refractivity contribution in [2.75, 3.05) is 4.90 Å². The molecule has 9 aromatic carbocycles. The van der Waals surface area contributed by atoms with E-state index in [1.807, 2.05) is 11.3 Å². The van der Waals surface area contributed by atoms with Crippen molar-refractivity contribution in [3.05, 3.63) is 223 Å². The van der Waals surface area contributed by atoms with Crippen LogP contribution >= 0.6 is 11.3 Å². The summed E-state index contributed by atoms with van der Waals surface area (Å²) in [6.07, 6.45) is 0. The third-order valence-corrected chi connectivity index (χ3v) is 13.5. The lowest BCUT2D eigenvalue weighted by Crippen LogP contribution is -2.17. The Hall–Kier alpha value is -7.00. The molecule has 0 saturated carbocycles. The van der Waals surface area contributed by atoms with Crippen molar-refractivity contribution < 1.29 is 0 Å². The van der Waals surface area contributed by atoms with Gasteiger partial charge in [0.15, 0.2) is 0 Å². The molecule has 0 atom stereocenters. The summed E-state index contributed by atoms with van der Waals surface area (Å²) in [6.45, 7) is 4.74. The zero-order chi connectivity index (χ0) is 39.5. The van der Waals surface area contributed by atoms with Gasteiger partial charge in [0.05, 0.1) is 5.69 Å². The number of fused-ring (bicyclic) bond motifs is 6. The van der Waals surface area contributed by atoms with Gasteiger partial charge < -0.3 is 4.90 Å². The molecule has 0 radical (unpaired) electrons. The first-order valence-electron chi connectivity index (χ1n) is 20.4. The average Bonchev–Trinajstić information content (AvgIpc) is 3.79. The Morgan fingerprint density at radius 2 is 0.915 bits per heavy atom. The molecule has 0 N–H and O–H groups in total. The van der Waals surface area contributed by atoms with E-state index in [1.165, 1.54) is 86.9 Å². The Bertz CT molecular complexity index is 3170. The van der Waals surface area contributed by atoms with Crippen LogP contribution in [0.3, 0.4) is 0 Å². The molecule has 1 aliphatic carbocycles. The van der Waals surface area contributed by atoms with Gasteiger partial charge in [-0.15, -0.1) is 11.3 Å². The maximum atomic E-state index is 2.49. The predicted octanol–water partition coefficient (Wildman–Crippen LogP) is 16.5. The smallest absolute Gasteiger partial charge is 0.0546 e. The largest absolute Gasteiger partial charge is 0.310 e. The molecule has 280 valence electrons. The standard InChI is InChI=1S/C57H41NS/c1-57(2)51-28-13-11-22-46(51)47-36-35-42(37-52(47)57)58(41-33-31-40(32-34-41)45-26-15-27-50-48-23-12-14-30-54(48)59-56(45)50)53-29-16-25-44(39-19-7-4-8-20-39)55(53)49-24-10-9-21-43(49)38-17-5-3-6-18-38/h3-37H,1-2H3. The van der Waals surface area contributed by atoms with Crippen LogP contribution in [0.4, 0.5) is 17.1 Å². The lowest BCUT2D eigenvalue weighted by molar-refractivity contribution is 0.660. The van der Waals surface area contributed by atoms with Crippen LogP contribution in [0.1, 0.15) is 25.0 Å². The Morgan fingerprint density at radius 1 is 0.373 bits per heavy atom. The van der Waals surface area contributed by atoms with E-state index in [0.29, 0.717) is 0 Å². The van der Waals surface area contributed by atoms with E-state index in [-0.39, 0.29) is 5.41 Å². The molecule has 11 rings (SSSR count). The first kappa shape index (κ1) is 35.2. The van der Waals surface area contributed by atoms with E-state index < -0.39 is 0 Å². The van der Waals surface area contributed by atoms with Gasteiger partial charge in [-0.1, -0.05) is 190 Å². The summed E-state index contributed by atoms with van der Waals surface area (Å²) in [6, 6.07) is 78.1. The van der Waals surface area contributed by atoms with Crippen molar-refractivity contribution in [3.63, 3.8) is 0 Å². The van der Waals surface area contributed by atoms with Crippen LogP contribution in [-0.4, -0.2) is 0 Å². The molecule has 10 aromatic rings. The number of anilines is 3. The maximum absolute atomic E-state index is 2.49. The van der Waals surface area contributed by atoms with E-state index in [2.05, 4.69) is 231 Å². The van der Waals surface area contributed by atoms with Crippen LogP contribution in [0, 0.1) is 0 Å². The Kier molecular flexibility index (Phi) is 8.43. The normalized spacial score (nSPS) is 12.7. The summed E-state index contributed by atoms with van der Waals surface area (Å²) in [7, 11) is 0. The minimum Gasteiger partial charge on any atom is -0.310 e. The highest BCUT2D eigenvalue weighted by Crippen LogP contribution is 2.53. The summed E-state index contributed by atoms with van der Waals surface area (Å²) in [5.41, 5.74) is 18.2. The van der Waals surface area contributed by atoms with Crippen LogP contribution in [0.2, 0.25) is 0 Å². The second kappa shape index (κ2) is 14.1. The number of thiophene rings is 1. The number of hydrogen-bond acceptors (Lipinski definition) is 2. The van der Waals surface area contributed by atoms with Crippen LogP contribution in [0.15, 0.2) is 212 Å². The fourth-order valence-electron chi connectivity index (χ4n) is 9.46. The van der Waals surface area contributed by atoms with Crippen LogP contribution in [0.5, 0.6) is 0 Å². The van der Waals surface area contributed by atoms with Crippen molar-refractivity contribution >= 4 is 48.6 Å². The zero-order valence-corrected chi connectivity index (χ0v) is 33.9. The monoisotopic (exact) mass is 771 g/mol. The van der Waals surface area contributed by atoms with E-state index in [1.54, 1.807) is 0 Å². The van der Waals surface area contributed by atoms with Crippen molar-refractivity contribution in [2.45, 2.75) is 19.3 Å². The fourth-order valence-corrected chi connectivity index (χ4v) is 10.7. The predicted molar refractivity (Wildman–Crippen MR) is 253 cm³/mol. The van der Waals surface area contributed by atoms with Gasteiger partial charge in [-0.05, 0) is 97.6 Å². The highest BCUT2D eigenvalue weighted by atomic mass is 32.1. The molecule has 1 aliphatic rings. The van der Waals surface area contributed by atoms with E-state index >= 15 is 0 Å². The summed E-state index contributed by atoms with van der Waals surface area (Å²) in [4.78, 5) is 2.49. The summed E-state index contributed by atoms with van der Waals surface area (Å²) < 4.78 is 2.65. The average molecular weight is 772 g/mol. The van der Waals surface area contributed by atoms with Gasteiger partial charge in [0.1, 0.15) is 0 Å². The molecule has 0 spiro atoms. The molecule has 0 bridgehead atoms. The van der Waals surface area contributed by atoms with E-state index in [0.717, 1.165) is 17.1 Å². The molecule has 0 aliphatic heterocycles. The van der Waals surface area contributed by atoms with Crippen molar-refractivity contribution in [1.82, 2.24) is 0 Å². The quantitative estimate of drug-likeness (QED) is 0.156. The Labute approximate surface area is 350 Å². The zero-order valence-electron chi connectivity index (χ0n) is 33.1. The Morgan fingerprint density at radius 3 is 1.69 bits per heavy atom. The summed E-state index contributed by atoms with van der Waals surface area (Å²) in [5.74, 6) is 0. The maximum Gasteiger partial charge on any atom is 0.0546 e. The fraction of sp³-hybridized carbons (Fsp3) is 0.0526. The van der Waals surface area contributed by atoms with E-state index in [9.17, 15) is 0 Å². The molecular weight excluding hydrogens is 731 g/mol. The highest BCUT2D eigenvalue weighted by molar-refractivity contribution is 7.26. The first-order valence-corrected chi connectivity index (χ1v) is 21.2. The lowest BCUT2D eigenvalue weighted by Gasteiger charge is -2.31. The van der Waals surface area contributed by atoms with Gasteiger partial charge >= 0.3 is 0 Å². The highest BCUT2D eigenvalue weighted by Gasteiger charge is 2.36. The molecule has 1 heterocycles. The van der Waals surface area contributed by atoms with Gasteiger partial charge in [0.25, 0.3) is 0 Å². The molecule has 0 fully saturated rings. The van der Waals surface area contributed by atoms with Crippen molar-refractivity contribution in [2.24, 2.45) is 0 Å². The van der Waals surface area contributed by atoms with Gasteiger partial charge in [-0.25, -0.2) is 0 Å². The molecule has 1 aromatic heterocycles. The number of hydrogen-bond donors (Lipinski definition) is 0. The van der Waals surface area contributed by atoms with Crippen LogP contribution < -0.4 is 4.90 Å². The minimum absolute atomic E-state index is 0.144. The second-order valence-corrected chi connectivity index (χ2v) is 17.1. The third kappa shape index (κ3) is 5.82. The first-order chi connectivity index (χ1) is 29.0. The molecule has 1 nitrogen and oxygen atoms in total. The van der Waals surface area contributed by atoms with Gasteiger partial charge in [-0.2, -0.15) is 0 Å². The molecule has 0 unspecified atom stereocenters. The lowest BCUT2D eigenvalue weighted by atomic mass is 9.82. The third-order valence-electron chi connectivity index (χ3n) is 12.3. The molecule has 59 heavy (non-hydrogen) atoms. The van der Waals surface area contributed by atoms with E-state index in [4.69, 9.17) is 0 Å². The molecule has 0 amide bonds. The topological polar surface area (TPSA) is 3.24 Å². The number of benzene rings is 9. The summed E-state index contributed by atoms with van der Waals surface area (Å²) in [5, 5.41) is 2.63.